The first-order valence-corrected chi connectivity index (χ1v) is 13.6. The first-order valence-electron chi connectivity index (χ1n) is 12.8. The maximum Gasteiger partial charge on any atom is 0.255 e. The summed E-state index contributed by atoms with van der Waals surface area (Å²) < 4.78 is 27.1. The number of nitrogens with one attached hydrogen (secondary N) is 2. The fraction of sp³-hybridized carbons (Fsp3) is 0.519. The molecule has 2 aromatic carbocycles. The Hall–Kier alpha value is -2.49. The topological polar surface area (TPSA) is 83.1 Å². The van der Waals surface area contributed by atoms with Crippen LogP contribution in [0.1, 0.15) is 55.3 Å². The van der Waals surface area contributed by atoms with Crippen molar-refractivity contribution in [2.24, 2.45) is 5.41 Å². The Labute approximate surface area is 215 Å². The second kappa shape index (κ2) is 11.3. The lowest BCUT2D eigenvalue weighted by atomic mass is 9.93. The molecule has 36 heavy (non-hydrogen) atoms. The molecule has 9 heteroatoms. The van der Waals surface area contributed by atoms with Gasteiger partial charge in [0.1, 0.15) is 0 Å². The van der Waals surface area contributed by atoms with E-state index in [1.54, 1.807) is 18.2 Å². The lowest BCUT2D eigenvalue weighted by Crippen LogP contribution is -2.35. The Morgan fingerprint density at radius 3 is 2.58 bits per heavy atom. The van der Waals surface area contributed by atoms with E-state index in [2.05, 4.69) is 21.0 Å². The summed E-state index contributed by atoms with van der Waals surface area (Å²) in [5.41, 5.74) is 2.73. The third-order valence-electron chi connectivity index (χ3n) is 7.50. The lowest BCUT2D eigenvalue weighted by molar-refractivity contribution is 0.101. The number of benzene rings is 2. The summed E-state index contributed by atoms with van der Waals surface area (Å²) in [4.78, 5) is 16.7. The van der Waals surface area contributed by atoms with E-state index in [1.807, 2.05) is 12.1 Å². The molecular weight excluding hydrogens is 481 g/mol. The van der Waals surface area contributed by atoms with Crippen LogP contribution in [0.4, 0.5) is 15.8 Å². The van der Waals surface area contributed by atoms with Gasteiger partial charge in [0.15, 0.2) is 11.5 Å². The van der Waals surface area contributed by atoms with Crippen LogP contribution in [0, 0.1) is 5.41 Å². The van der Waals surface area contributed by atoms with E-state index in [-0.39, 0.29) is 18.6 Å². The summed E-state index contributed by atoms with van der Waals surface area (Å²) >= 11 is 1.47. The molecule has 0 radical (unpaired) electrons. The van der Waals surface area contributed by atoms with E-state index in [4.69, 9.17) is 14.6 Å². The minimum absolute atomic E-state index is 0.0732. The molecule has 2 saturated carbocycles. The van der Waals surface area contributed by atoms with Gasteiger partial charge in [0, 0.05) is 30.1 Å². The Bertz CT molecular complexity index is 1070. The number of carbonyl (C=O) groups excluding carboxylic acids is 1. The second-order valence-electron chi connectivity index (χ2n) is 9.93. The number of piperidine rings is 1. The highest BCUT2D eigenvalue weighted by Gasteiger charge is 2.44. The van der Waals surface area contributed by atoms with Crippen LogP contribution in [0.2, 0.25) is 0 Å². The number of anilines is 2. The van der Waals surface area contributed by atoms with Crippen LogP contribution in [-0.2, 0) is 0 Å². The summed E-state index contributed by atoms with van der Waals surface area (Å²) in [6, 6.07) is 10.9. The summed E-state index contributed by atoms with van der Waals surface area (Å²) in [5.74, 6) is 0.453. The fourth-order valence-corrected chi connectivity index (χ4v) is 5.47. The molecule has 3 aliphatic rings. The molecule has 7 nitrogen and oxygen atoms in total. The highest BCUT2D eigenvalue weighted by atomic mass is 32.2. The van der Waals surface area contributed by atoms with Gasteiger partial charge in [-0.05, 0) is 98.7 Å². The van der Waals surface area contributed by atoms with Gasteiger partial charge in [-0.1, -0.05) is 0 Å². The van der Waals surface area contributed by atoms with E-state index in [1.165, 1.54) is 37.6 Å². The molecule has 2 aliphatic carbocycles. The molecule has 1 spiro atoms. The van der Waals surface area contributed by atoms with Crippen molar-refractivity contribution in [2.75, 3.05) is 43.3 Å². The highest BCUT2D eigenvalue weighted by Crippen LogP contribution is 2.54. The van der Waals surface area contributed by atoms with Crippen LogP contribution in [0.15, 0.2) is 41.3 Å². The molecule has 3 N–H and O–H groups in total. The molecule has 5 rings (SSSR count). The average molecular weight is 516 g/mol. The van der Waals surface area contributed by atoms with Crippen molar-refractivity contribution in [2.45, 2.75) is 55.9 Å². The van der Waals surface area contributed by atoms with Gasteiger partial charge in [0.2, 0.25) is 6.86 Å². The number of aliphatic hydroxyl groups excluding tert-OH is 1. The van der Waals surface area contributed by atoms with Crippen molar-refractivity contribution in [3.63, 3.8) is 0 Å². The number of halogens is 1. The summed E-state index contributed by atoms with van der Waals surface area (Å²) in [6.07, 6.45) is 8.10. The Kier molecular flexibility index (Phi) is 7.88. The predicted molar refractivity (Wildman–Crippen MR) is 140 cm³/mol. The smallest absolute Gasteiger partial charge is 0.255 e. The van der Waals surface area contributed by atoms with Crippen molar-refractivity contribution in [1.29, 1.82) is 0 Å². The minimum Gasteiger partial charge on any atom is -0.487 e. The van der Waals surface area contributed by atoms with Gasteiger partial charge in [0.05, 0.1) is 24.1 Å². The Balaban J connectivity index is 1.35. The van der Waals surface area contributed by atoms with Gasteiger partial charge < -0.3 is 24.8 Å². The van der Waals surface area contributed by atoms with E-state index in [0.717, 1.165) is 48.6 Å². The molecule has 1 heterocycles. The van der Waals surface area contributed by atoms with E-state index < -0.39 is 6.86 Å². The van der Waals surface area contributed by atoms with E-state index >= 15 is 0 Å². The number of ether oxygens (including phenoxy) is 2. The van der Waals surface area contributed by atoms with Gasteiger partial charge >= 0.3 is 0 Å². The zero-order valence-corrected chi connectivity index (χ0v) is 21.2. The molecule has 0 atom stereocenters. The highest BCUT2D eigenvalue weighted by molar-refractivity contribution is 7.97. The Morgan fingerprint density at radius 2 is 1.92 bits per heavy atom. The SMILES string of the molecule is O=C(Nc1ccc(SNCCO)cc1N1CCC2(CC1)CC2)c1ccc(OCF)c(OC2CCC2)c1. The molecule has 0 aromatic heterocycles. The third-order valence-corrected chi connectivity index (χ3v) is 8.34. The predicted octanol–water partition coefficient (Wildman–Crippen LogP) is 5.15. The van der Waals surface area contributed by atoms with Crippen molar-refractivity contribution >= 4 is 29.2 Å². The second-order valence-corrected chi connectivity index (χ2v) is 10.9. The van der Waals surface area contributed by atoms with Crippen LogP contribution in [0.25, 0.3) is 0 Å². The van der Waals surface area contributed by atoms with Gasteiger partial charge in [-0.15, -0.1) is 0 Å². The number of hydrogen-bond acceptors (Lipinski definition) is 7. The van der Waals surface area contributed by atoms with Gasteiger partial charge in [0.25, 0.3) is 5.91 Å². The number of nitrogens with zero attached hydrogens (tertiary/aromatic N) is 1. The largest absolute Gasteiger partial charge is 0.487 e. The van der Waals surface area contributed by atoms with Crippen LogP contribution in [-0.4, -0.2) is 50.2 Å². The van der Waals surface area contributed by atoms with Crippen molar-refractivity contribution < 1.29 is 23.8 Å². The monoisotopic (exact) mass is 515 g/mol. The molecule has 1 amide bonds. The lowest BCUT2D eigenvalue weighted by Gasteiger charge is -2.35. The van der Waals surface area contributed by atoms with Crippen molar-refractivity contribution in [3.8, 4) is 11.5 Å². The third kappa shape index (κ3) is 5.90. The minimum atomic E-state index is -0.954. The average Bonchev–Trinajstić information content (AvgIpc) is 3.62. The normalized spacial score (nSPS) is 18.6. The number of carbonyl (C=O) groups is 1. The first-order chi connectivity index (χ1) is 17.6. The van der Waals surface area contributed by atoms with Gasteiger partial charge in [-0.3, -0.25) is 9.52 Å². The van der Waals surface area contributed by atoms with Gasteiger partial charge in [-0.2, -0.15) is 0 Å². The molecule has 0 unspecified atom stereocenters. The molecule has 3 fully saturated rings. The molecular formula is C27H34FN3O4S. The zero-order chi connectivity index (χ0) is 25.0. The van der Waals surface area contributed by atoms with Crippen LogP contribution < -0.4 is 24.4 Å². The standard InChI is InChI=1S/C27H34FN3O4S/c28-18-34-24-7-4-19(16-25(24)35-20-2-1-3-20)26(33)30-22-6-5-21(36-29-12-15-32)17-23(22)31-13-10-27(8-9-27)11-14-31/h4-7,16-17,20,29,32H,1-3,8-15,18H2,(H,30,33). The number of hydrogen-bond donors (Lipinski definition) is 3. The number of alkyl halides is 1. The zero-order valence-electron chi connectivity index (χ0n) is 20.4. The van der Waals surface area contributed by atoms with E-state index in [9.17, 15) is 9.18 Å². The quantitative estimate of drug-likeness (QED) is 0.282. The van der Waals surface area contributed by atoms with E-state index in [0.29, 0.717) is 29.0 Å². The molecule has 1 aliphatic heterocycles. The summed E-state index contributed by atoms with van der Waals surface area (Å²) in [7, 11) is 0. The number of rotatable bonds is 11. The van der Waals surface area contributed by atoms with Crippen LogP contribution in [0.3, 0.4) is 0 Å². The Morgan fingerprint density at radius 1 is 1.11 bits per heavy atom. The van der Waals surface area contributed by atoms with Crippen molar-refractivity contribution in [1.82, 2.24) is 4.72 Å². The maximum absolute atomic E-state index is 13.3. The first kappa shape index (κ1) is 25.2. The molecule has 0 bridgehead atoms. The molecule has 2 aromatic rings. The van der Waals surface area contributed by atoms with Crippen LogP contribution >= 0.6 is 11.9 Å². The van der Waals surface area contributed by atoms with Gasteiger partial charge in [-0.25, -0.2) is 4.39 Å². The number of amides is 1. The summed E-state index contributed by atoms with van der Waals surface area (Å²) in [5, 5.41) is 12.2. The summed E-state index contributed by atoms with van der Waals surface area (Å²) in [6.45, 7) is 1.55. The van der Waals surface area contributed by atoms with Crippen LogP contribution in [0.5, 0.6) is 11.5 Å². The molecule has 194 valence electrons. The molecule has 1 saturated heterocycles. The number of aliphatic hydroxyl groups is 1. The maximum atomic E-state index is 13.3. The van der Waals surface area contributed by atoms with Crippen molar-refractivity contribution in [3.05, 3.63) is 42.0 Å². The fourth-order valence-electron chi connectivity index (χ4n) is 4.80.